The van der Waals surface area contributed by atoms with Gasteiger partial charge in [0.2, 0.25) is 15.9 Å². The maximum atomic E-state index is 12.7. The zero-order valence-corrected chi connectivity index (χ0v) is 17.1. The molecule has 1 aliphatic heterocycles. The van der Waals surface area contributed by atoms with Crippen molar-refractivity contribution >= 4 is 38.2 Å². The van der Waals surface area contributed by atoms with E-state index in [1.165, 1.54) is 4.88 Å². The minimum Gasteiger partial charge on any atom is -0.354 e. The molecule has 1 amide bonds. The van der Waals surface area contributed by atoms with E-state index in [-0.39, 0.29) is 12.5 Å². The van der Waals surface area contributed by atoms with Gasteiger partial charge in [0.15, 0.2) is 0 Å². The van der Waals surface area contributed by atoms with E-state index in [0.29, 0.717) is 24.5 Å². The summed E-state index contributed by atoms with van der Waals surface area (Å²) in [6.45, 7) is 2.00. The molecule has 28 heavy (non-hydrogen) atoms. The fourth-order valence-corrected chi connectivity index (χ4v) is 5.81. The van der Waals surface area contributed by atoms with Gasteiger partial charge in [0, 0.05) is 41.6 Å². The molecule has 1 saturated heterocycles. The molecule has 3 aromatic rings. The molecule has 1 aliphatic rings. The first-order chi connectivity index (χ1) is 13.5. The number of aromatic nitrogens is 1. The zero-order chi connectivity index (χ0) is 19.6. The summed E-state index contributed by atoms with van der Waals surface area (Å²) in [6.07, 6.45) is 4.49. The lowest BCUT2D eigenvalue weighted by Gasteiger charge is -2.15. The second-order valence-electron chi connectivity index (χ2n) is 6.95. The van der Waals surface area contributed by atoms with Crippen LogP contribution in [0.4, 0.5) is 0 Å². The number of rotatable bonds is 7. The van der Waals surface area contributed by atoms with Gasteiger partial charge >= 0.3 is 0 Å². The molecule has 1 N–H and O–H groups in total. The van der Waals surface area contributed by atoms with Crippen LogP contribution in [-0.2, 0) is 27.8 Å². The average molecular weight is 418 g/mol. The summed E-state index contributed by atoms with van der Waals surface area (Å²) in [4.78, 5) is 13.8. The van der Waals surface area contributed by atoms with Crippen LogP contribution >= 0.6 is 11.3 Å². The van der Waals surface area contributed by atoms with Crippen molar-refractivity contribution in [3.8, 4) is 0 Å². The van der Waals surface area contributed by atoms with Crippen molar-refractivity contribution in [3.05, 3.63) is 52.9 Å². The molecule has 4 rings (SSSR count). The third-order valence-electron chi connectivity index (χ3n) is 5.03. The summed E-state index contributed by atoms with van der Waals surface area (Å²) < 4.78 is 28.9. The van der Waals surface area contributed by atoms with Crippen LogP contribution in [0.2, 0.25) is 0 Å². The number of thiophene rings is 1. The van der Waals surface area contributed by atoms with E-state index >= 15 is 0 Å². The number of fused-ring (bicyclic) bond motifs is 1. The summed E-state index contributed by atoms with van der Waals surface area (Å²) in [6, 6.07) is 11.1. The van der Waals surface area contributed by atoms with Gasteiger partial charge in [-0.05, 0) is 55.0 Å². The molecule has 1 aromatic carbocycles. The first-order valence-corrected chi connectivity index (χ1v) is 11.7. The monoisotopic (exact) mass is 417 g/mol. The first kappa shape index (κ1) is 19.2. The van der Waals surface area contributed by atoms with Gasteiger partial charge in [-0.25, -0.2) is 8.42 Å². The summed E-state index contributed by atoms with van der Waals surface area (Å²) in [5.41, 5.74) is 0.855. The molecule has 2 aromatic heterocycles. The number of sulfonamides is 1. The molecule has 0 radical (unpaired) electrons. The summed E-state index contributed by atoms with van der Waals surface area (Å²) >= 11 is 1.69. The Bertz CT molecular complexity index is 1070. The number of nitrogens with one attached hydrogen (secondary N) is 1. The van der Waals surface area contributed by atoms with Crippen LogP contribution in [0.25, 0.3) is 10.9 Å². The number of hydrogen-bond donors (Lipinski definition) is 1. The van der Waals surface area contributed by atoms with E-state index in [9.17, 15) is 13.2 Å². The lowest BCUT2D eigenvalue weighted by Crippen LogP contribution is -2.29. The van der Waals surface area contributed by atoms with Crippen LogP contribution < -0.4 is 5.32 Å². The lowest BCUT2D eigenvalue weighted by atomic mass is 10.2. The van der Waals surface area contributed by atoms with Crippen molar-refractivity contribution in [2.45, 2.75) is 30.7 Å². The fraction of sp³-hybridized carbons (Fsp3) is 0.350. The van der Waals surface area contributed by atoms with E-state index in [1.54, 1.807) is 33.8 Å². The van der Waals surface area contributed by atoms with Crippen molar-refractivity contribution in [2.24, 2.45) is 0 Å². The minimum atomic E-state index is -3.43. The molecule has 3 heterocycles. The quantitative estimate of drug-likeness (QED) is 0.643. The molecule has 148 valence electrons. The highest BCUT2D eigenvalue weighted by atomic mass is 32.2. The van der Waals surface area contributed by atoms with Crippen LogP contribution in [0, 0.1) is 0 Å². The smallest absolute Gasteiger partial charge is 0.243 e. The maximum absolute atomic E-state index is 12.7. The Kier molecular flexibility index (Phi) is 5.52. The molecule has 0 saturated carbocycles. The predicted molar refractivity (Wildman–Crippen MR) is 111 cm³/mol. The lowest BCUT2D eigenvalue weighted by molar-refractivity contribution is -0.121. The van der Waals surface area contributed by atoms with E-state index in [1.807, 2.05) is 28.3 Å². The second-order valence-corrected chi connectivity index (χ2v) is 9.92. The van der Waals surface area contributed by atoms with Gasteiger partial charge in [-0.2, -0.15) is 4.31 Å². The molecule has 0 spiro atoms. The van der Waals surface area contributed by atoms with Crippen molar-refractivity contribution in [1.29, 1.82) is 0 Å². The van der Waals surface area contributed by atoms with Crippen LogP contribution in [0.5, 0.6) is 0 Å². The highest BCUT2D eigenvalue weighted by molar-refractivity contribution is 7.89. The van der Waals surface area contributed by atoms with Gasteiger partial charge in [0.25, 0.3) is 0 Å². The Labute approximate surface area is 168 Å². The van der Waals surface area contributed by atoms with Gasteiger partial charge in [-0.15, -0.1) is 11.3 Å². The van der Waals surface area contributed by atoms with E-state index in [0.717, 1.165) is 30.2 Å². The Morgan fingerprint density at radius 3 is 2.71 bits per heavy atom. The molecule has 8 heteroatoms. The Morgan fingerprint density at radius 2 is 1.96 bits per heavy atom. The SMILES string of the molecule is O=C(Cn1ccc2cc(S(=O)(=O)N3CCCC3)ccc21)NCCc1cccs1. The van der Waals surface area contributed by atoms with Gasteiger partial charge in [-0.3, -0.25) is 4.79 Å². The minimum absolute atomic E-state index is 0.0529. The maximum Gasteiger partial charge on any atom is 0.243 e. The Balaban J connectivity index is 1.43. The molecule has 6 nitrogen and oxygen atoms in total. The van der Waals surface area contributed by atoms with E-state index in [2.05, 4.69) is 11.4 Å². The predicted octanol–water partition coefficient (Wildman–Crippen LogP) is 2.85. The molecule has 0 atom stereocenters. The molecular formula is C20H23N3O3S2. The summed E-state index contributed by atoms with van der Waals surface area (Å²) in [7, 11) is -3.43. The average Bonchev–Trinajstić information content (AvgIpc) is 3.44. The van der Waals surface area contributed by atoms with Crippen LogP contribution in [0.3, 0.4) is 0 Å². The zero-order valence-electron chi connectivity index (χ0n) is 15.5. The number of carbonyl (C=O) groups is 1. The highest BCUT2D eigenvalue weighted by Crippen LogP contribution is 2.25. The topological polar surface area (TPSA) is 71.4 Å². The third-order valence-corrected chi connectivity index (χ3v) is 7.86. The van der Waals surface area contributed by atoms with Crippen molar-refractivity contribution < 1.29 is 13.2 Å². The third kappa shape index (κ3) is 3.99. The first-order valence-electron chi connectivity index (χ1n) is 9.42. The number of hydrogen-bond acceptors (Lipinski definition) is 4. The fourth-order valence-electron chi connectivity index (χ4n) is 3.54. The number of carbonyl (C=O) groups excluding carboxylic acids is 1. The molecule has 0 bridgehead atoms. The van der Waals surface area contributed by atoms with Crippen molar-refractivity contribution in [3.63, 3.8) is 0 Å². The van der Waals surface area contributed by atoms with Crippen LogP contribution in [-0.4, -0.2) is 42.8 Å². The van der Waals surface area contributed by atoms with E-state index in [4.69, 9.17) is 0 Å². The molecule has 1 fully saturated rings. The number of amides is 1. The summed E-state index contributed by atoms with van der Waals surface area (Å²) in [5, 5.41) is 5.80. The molecule has 0 unspecified atom stereocenters. The largest absolute Gasteiger partial charge is 0.354 e. The Morgan fingerprint density at radius 1 is 1.14 bits per heavy atom. The number of benzene rings is 1. The van der Waals surface area contributed by atoms with Gasteiger partial charge in [0.05, 0.1) is 4.90 Å². The Hall–Kier alpha value is -2.16. The van der Waals surface area contributed by atoms with Gasteiger partial charge in [0.1, 0.15) is 6.54 Å². The summed E-state index contributed by atoms with van der Waals surface area (Å²) in [5.74, 6) is -0.0529. The number of nitrogens with zero attached hydrogens (tertiary/aromatic N) is 2. The molecule has 0 aliphatic carbocycles. The second kappa shape index (κ2) is 8.06. The van der Waals surface area contributed by atoms with Gasteiger partial charge < -0.3 is 9.88 Å². The van der Waals surface area contributed by atoms with Crippen molar-refractivity contribution in [1.82, 2.24) is 14.2 Å². The van der Waals surface area contributed by atoms with Crippen molar-refractivity contribution in [2.75, 3.05) is 19.6 Å². The van der Waals surface area contributed by atoms with E-state index < -0.39 is 10.0 Å². The van der Waals surface area contributed by atoms with Crippen LogP contribution in [0.15, 0.2) is 52.9 Å². The highest BCUT2D eigenvalue weighted by Gasteiger charge is 2.27. The van der Waals surface area contributed by atoms with Crippen LogP contribution in [0.1, 0.15) is 17.7 Å². The molecular weight excluding hydrogens is 394 g/mol. The standard InChI is InChI=1S/C20H23N3O3S2/c24-20(21-9-7-17-4-3-13-27-17)15-22-12-8-16-14-18(5-6-19(16)22)28(25,26)23-10-1-2-11-23/h3-6,8,12-14H,1-2,7,9-11,15H2,(H,21,24). The van der Waals surface area contributed by atoms with Gasteiger partial charge in [-0.1, -0.05) is 6.07 Å². The normalized spacial score (nSPS) is 15.3.